The molecule has 0 aliphatic rings. The zero-order chi connectivity index (χ0) is 20.8. The summed E-state index contributed by atoms with van der Waals surface area (Å²) in [6.45, 7) is 5.36. The normalized spacial score (nSPS) is 11.7. The number of fused-ring (bicyclic) bond motifs is 3. The molecule has 0 bridgehead atoms. The van der Waals surface area contributed by atoms with Crippen LogP contribution in [0.1, 0.15) is 20.8 Å². The monoisotopic (exact) mass is 391 g/mol. The first-order valence-electron chi connectivity index (χ1n) is 8.84. The van der Waals surface area contributed by atoms with E-state index < -0.39 is 16.6 Å². The van der Waals surface area contributed by atoms with Crippen LogP contribution in [0, 0.1) is 10.1 Å². The summed E-state index contributed by atoms with van der Waals surface area (Å²) in [7, 11) is 0. The lowest BCUT2D eigenvalue weighted by Crippen LogP contribution is -2.27. The molecule has 0 unspecified atom stereocenters. The molecule has 0 saturated carbocycles. The minimum absolute atomic E-state index is 0.277. The molecule has 0 N–H and O–H groups in total. The van der Waals surface area contributed by atoms with Gasteiger partial charge < -0.3 is 14.9 Å². The molecule has 0 saturated heterocycles. The minimum atomic E-state index is -0.684. The van der Waals surface area contributed by atoms with Gasteiger partial charge in [0.15, 0.2) is 5.65 Å². The van der Waals surface area contributed by atoms with E-state index in [0.717, 1.165) is 10.8 Å². The number of aromatic nitrogens is 4. The lowest BCUT2D eigenvalue weighted by atomic mass is 10.1. The molecule has 0 spiro atoms. The van der Waals surface area contributed by atoms with Gasteiger partial charge in [-0.25, -0.2) is 14.3 Å². The van der Waals surface area contributed by atoms with E-state index in [4.69, 9.17) is 4.74 Å². The quantitative estimate of drug-likeness (QED) is 0.369. The van der Waals surface area contributed by atoms with Crippen LogP contribution in [-0.4, -0.2) is 36.1 Å². The zero-order valence-electron chi connectivity index (χ0n) is 16.0. The molecule has 29 heavy (non-hydrogen) atoms. The Hall–Kier alpha value is -3.88. The average molecular weight is 391 g/mol. The molecular weight excluding hydrogens is 374 g/mol. The molecule has 4 heterocycles. The van der Waals surface area contributed by atoms with Crippen molar-refractivity contribution >= 4 is 33.8 Å². The summed E-state index contributed by atoms with van der Waals surface area (Å²) >= 11 is 0. The molecule has 0 atom stereocenters. The molecule has 0 radical (unpaired) electrons. The third kappa shape index (κ3) is 3.38. The minimum Gasteiger partial charge on any atom is -0.443 e. The third-order valence-corrected chi connectivity index (χ3v) is 4.22. The van der Waals surface area contributed by atoms with E-state index in [2.05, 4.69) is 15.0 Å². The van der Waals surface area contributed by atoms with Gasteiger partial charge in [-0.1, -0.05) is 0 Å². The van der Waals surface area contributed by atoms with E-state index in [9.17, 15) is 14.9 Å². The highest BCUT2D eigenvalue weighted by atomic mass is 16.6. The number of carbonyl (C=O) groups is 1. The van der Waals surface area contributed by atoms with Crippen molar-refractivity contribution in [1.29, 1.82) is 0 Å². The first kappa shape index (κ1) is 18.5. The number of hydrogen-bond acceptors (Lipinski definition) is 7. The summed E-state index contributed by atoms with van der Waals surface area (Å²) in [5.74, 6) is -0.277. The summed E-state index contributed by atoms with van der Waals surface area (Å²) in [5.41, 5.74) is 1.32. The maximum atomic E-state index is 12.9. The number of carbonyl (C=O) groups excluding carboxylic acids is 1. The maximum absolute atomic E-state index is 12.9. The van der Waals surface area contributed by atoms with Gasteiger partial charge in [-0.05, 0) is 54.9 Å². The molecule has 4 aromatic rings. The first-order valence-corrected chi connectivity index (χ1v) is 8.84. The summed E-state index contributed by atoms with van der Waals surface area (Å²) in [6, 6.07) is 8.25. The highest BCUT2D eigenvalue weighted by molar-refractivity contribution is 6.11. The zero-order valence-corrected chi connectivity index (χ0v) is 16.0. The number of nitro groups is 1. The highest BCUT2D eigenvalue weighted by Crippen LogP contribution is 2.31. The van der Waals surface area contributed by atoms with Crippen LogP contribution >= 0.6 is 0 Å². The van der Waals surface area contributed by atoms with E-state index >= 15 is 0 Å². The standard InChI is InChI=1S/C20H17N5O4/c1-20(2,3)29-19(26)24-16-7-8-21-11-14(16)13-4-5-15(23-18(13)24)12-6-9-22-17(10-12)25(27)28/h4-11H,1-3H3. The van der Waals surface area contributed by atoms with E-state index in [1.807, 2.05) is 6.07 Å². The Balaban J connectivity index is 1.95. The third-order valence-electron chi connectivity index (χ3n) is 4.22. The van der Waals surface area contributed by atoms with Gasteiger partial charge in [-0.2, -0.15) is 0 Å². The highest BCUT2D eigenvalue weighted by Gasteiger charge is 2.23. The largest absolute Gasteiger partial charge is 0.443 e. The van der Waals surface area contributed by atoms with Crippen LogP contribution in [0.5, 0.6) is 0 Å². The molecule has 0 aliphatic heterocycles. The topological polar surface area (TPSA) is 113 Å². The lowest BCUT2D eigenvalue weighted by Gasteiger charge is -2.20. The van der Waals surface area contributed by atoms with Crippen molar-refractivity contribution in [1.82, 2.24) is 19.5 Å². The molecule has 0 fully saturated rings. The molecule has 9 heteroatoms. The van der Waals surface area contributed by atoms with Crippen molar-refractivity contribution in [3.63, 3.8) is 0 Å². The van der Waals surface area contributed by atoms with Crippen LogP contribution in [0.25, 0.3) is 33.2 Å². The van der Waals surface area contributed by atoms with E-state index in [1.165, 1.54) is 16.8 Å². The average Bonchev–Trinajstić information content (AvgIpc) is 3.00. The van der Waals surface area contributed by atoms with Gasteiger partial charge in [-0.3, -0.25) is 4.98 Å². The van der Waals surface area contributed by atoms with E-state index in [-0.39, 0.29) is 5.82 Å². The van der Waals surface area contributed by atoms with Gasteiger partial charge in [0.1, 0.15) is 11.8 Å². The van der Waals surface area contributed by atoms with Crippen LogP contribution < -0.4 is 0 Å². The predicted molar refractivity (Wildman–Crippen MR) is 107 cm³/mol. The fourth-order valence-corrected chi connectivity index (χ4v) is 3.06. The fraction of sp³-hybridized carbons (Fsp3) is 0.200. The van der Waals surface area contributed by atoms with Crippen molar-refractivity contribution in [2.24, 2.45) is 0 Å². The number of nitrogens with zero attached hydrogens (tertiary/aromatic N) is 5. The van der Waals surface area contributed by atoms with Crippen LogP contribution in [-0.2, 0) is 4.74 Å². The number of ether oxygens (including phenoxy) is 1. The van der Waals surface area contributed by atoms with Gasteiger partial charge >= 0.3 is 11.9 Å². The number of rotatable bonds is 2. The van der Waals surface area contributed by atoms with Crippen molar-refractivity contribution < 1.29 is 14.5 Å². The van der Waals surface area contributed by atoms with Crippen molar-refractivity contribution in [2.75, 3.05) is 0 Å². The second-order valence-electron chi connectivity index (χ2n) is 7.44. The van der Waals surface area contributed by atoms with Gasteiger partial charge in [0.2, 0.25) is 0 Å². The molecule has 0 aliphatic carbocycles. The smallest absolute Gasteiger partial charge is 0.420 e. The van der Waals surface area contributed by atoms with Crippen molar-refractivity contribution in [3.05, 3.63) is 59.0 Å². The SMILES string of the molecule is CC(C)(C)OC(=O)n1c2ccncc2c2ccc(-c3ccnc([N+](=O)[O-])c3)nc21. The number of pyridine rings is 3. The fourth-order valence-electron chi connectivity index (χ4n) is 3.06. The van der Waals surface area contributed by atoms with Gasteiger partial charge in [0.05, 0.1) is 11.2 Å². The Kier molecular flexibility index (Phi) is 4.22. The van der Waals surface area contributed by atoms with Crippen molar-refractivity contribution in [2.45, 2.75) is 26.4 Å². The Bertz CT molecular complexity index is 1270. The second kappa shape index (κ2) is 6.62. The Morgan fingerprint density at radius 1 is 1.14 bits per heavy atom. The van der Waals surface area contributed by atoms with Gasteiger partial charge in [0.25, 0.3) is 0 Å². The molecule has 146 valence electrons. The Labute approximate surface area is 165 Å². The summed E-state index contributed by atoms with van der Waals surface area (Å²) < 4.78 is 6.96. The molecule has 4 rings (SSSR count). The van der Waals surface area contributed by atoms with Crippen molar-refractivity contribution in [3.8, 4) is 11.3 Å². The summed E-state index contributed by atoms with van der Waals surface area (Å²) in [5, 5.41) is 12.5. The molecule has 0 amide bonds. The molecule has 9 nitrogen and oxygen atoms in total. The Morgan fingerprint density at radius 2 is 1.93 bits per heavy atom. The second-order valence-corrected chi connectivity index (χ2v) is 7.44. The lowest BCUT2D eigenvalue weighted by molar-refractivity contribution is -0.389. The van der Waals surface area contributed by atoms with Crippen LogP contribution in [0.2, 0.25) is 0 Å². The van der Waals surface area contributed by atoms with Gasteiger partial charge in [-0.15, -0.1) is 0 Å². The van der Waals surface area contributed by atoms with Gasteiger partial charge in [0, 0.05) is 34.8 Å². The molecular formula is C20H17N5O4. The Morgan fingerprint density at radius 3 is 2.66 bits per heavy atom. The maximum Gasteiger partial charge on any atom is 0.420 e. The van der Waals surface area contributed by atoms with E-state index in [0.29, 0.717) is 22.4 Å². The first-order chi connectivity index (χ1) is 13.7. The van der Waals surface area contributed by atoms with Crippen LogP contribution in [0.4, 0.5) is 10.6 Å². The van der Waals surface area contributed by atoms with Crippen LogP contribution in [0.3, 0.4) is 0 Å². The molecule has 0 aromatic carbocycles. The summed E-state index contributed by atoms with van der Waals surface area (Å²) in [4.78, 5) is 35.9. The van der Waals surface area contributed by atoms with Crippen LogP contribution in [0.15, 0.2) is 48.9 Å². The molecule has 4 aromatic heterocycles. The van der Waals surface area contributed by atoms with E-state index in [1.54, 1.807) is 51.4 Å². The predicted octanol–water partition coefficient (Wildman–Crippen LogP) is 4.34. The number of hydrogen-bond donors (Lipinski definition) is 0. The summed E-state index contributed by atoms with van der Waals surface area (Å²) in [6.07, 6.45) is 4.05.